The van der Waals surface area contributed by atoms with E-state index in [-0.39, 0.29) is 5.78 Å². The van der Waals surface area contributed by atoms with Crippen molar-refractivity contribution in [2.24, 2.45) is 0 Å². The van der Waals surface area contributed by atoms with Crippen molar-refractivity contribution in [1.82, 2.24) is 0 Å². The predicted octanol–water partition coefficient (Wildman–Crippen LogP) is 4.27. The van der Waals surface area contributed by atoms with Gasteiger partial charge in [0.25, 0.3) is 0 Å². The zero-order chi connectivity index (χ0) is 12.4. The van der Waals surface area contributed by atoms with Gasteiger partial charge in [-0.2, -0.15) is 0 Å². The third kappa shape index (κ3) is 2.31. The third-order valence-electron chi connectivity index (χ3n) is 2.80. The van der Waals surface area contributed by atoms with Gasteiger partial charge in [0.1, 0.15) is 5.76 Å². The van der Waals surface area contributed by atoms with Crippen LogP contribution in [0.15, 0.2) is 40.8 Å². The summed E-state index contributed by atoms with van der Waals surface area (Å²) in [5.41, 5.74) is 2.30. The van der Waals surface area contributed by atoms with Crippen molar-refractivity contribution in [1.29, 1.82) is 0 Å². The summed E-state index contributed by atoms with van der Waals surface area (Å²) in [5, 5.41) is 0. The highest BCUT2D eigenvalue weighted by atomic mass is 16.3. The van der Waals surface area contributed by atoms with Crippen LogP contribution in [0.3, 0.4) is 0 Å². The molecule has 0 spiro atoms. The molecule has 1 heterocycles. The average Bonchev–Trinajstić information content (AvgIpc) is 2.78. The summed E-state index contributed by atoms with van der Waals surface area (Å²) in [6.07, 6.45) is 0. The van der Waals surface area contributed by atoms with Crippen molar-refractivity contribution in [3.05, 3.63) is 47.7 Å². The van der Waals surface area contributed by atoms with Crippen LogP contribution in [0.1, 0.15) is 42.8 Å². The van der Waals surface area contributed by atoms with E-state index in [1.54, 1.807) is 6.07 Å². The van der Waals surface area contributed by atoms with E-state index in [0.29, 0.717) is 11.7 Å². The average molecular weight is 228 g/mol. The van der Waals surface area contributed by atoms with Crippen LogP contribution in [0.25, 0.3) is 11.3 Å². The van der Waals surface area contributed by atoms with Gasteiger partial charge in [0.05, 0.1) is 0 Å². The zero-order valence-electron chi connectivity index (χ0n) is 10.4. The fraction of sp³-hybridized carbons (Fsp3) is 0.267. The molecule has 2 aromatic rings. The summed E-state index contributed by atoms with van der Waals surface area (Å²) in [6.45, 7) is 5.80. The van der Waals surface area contributed by atoms with E-state index < -0.39 is 0 Å². The Bertz CT molecular complexity index is 535. The Morgan fingerprint density at radius 1 is 1.12 bits per heavy atom. The standard InChI is InChI=1S/C15H16O2/c1-10(2)12-6-4-5-7-13(12)15-9-8-14(17-15)11(3)16/h4-10H,1-3H3. The molecule has 0 aliphatic heterocycles. The van der Waals surface area contributed by atoms with Gasteiger partial charge in [0.2, 0.25) is 0 Å². The van der Waals surface area contributed by atoms with Crippen LogP contribution in [0.4, 0.5) is 0 Å². The molecule has 1 aromatic heterocycles. The van der Waals surface area contributed by atoms with Crippen molar-refractivity contribution >= 4 is 5.78 Å². The Kier molecular flexibility index (Phi) is 3.14. The second kappa shape index (κ2) is 4.58. The van der Waals surface area contributed by atoms with Crippen LogP contribution >= 0.6 is 0 Å². The Morgan fingerprint density at radius 3 is 2.41 bits per heavy atom. The second-order valence-corrected chi connectivity index (χ2v) is 4.46. The van der Waals surface area contributed by atoms with Gasteiger partial charge < -0.3 is 4.42 Å². The summed E-state index contributed by atoms with van der Waals surface area (Å²) in [7, 11) is 0. The van der Waals surface area contributed by atoms with Crippen LogP contribution in [0.5, 0.6) is 0 Å². The molecule has 0 saturated heterocycles. The molecule has 2 heteroatoms. The van der Waals surface area contributed by atoms with Crippen molar-refractivity contribution in [3.63, 3.8) is 0 Å². The number of ketones is 1. The first-order valence-corrected chi connectivity index (χ1v) is 5.79. The smallest absolute Gasteiger partial charge is 0.194 e. The molecule has 0 unspecified atom stereocenters. The van der Waals surface area contributed by atoms with Crippen molar-refractivity contribution in [3.8, 4) is 11.3 Å². The number of carbonyl (C=O) groups is 1. The summed E-state index contributed by atoms with van der Waals surface area (Å²) in [4.78, 5) is 11.2. The van der Waals surface area contributed by atoms with Gasteiger partial charge in [-0.25, -0.2) is 0 Å². The zero-order valence-corrected chi connectivity index (χ0v) is 10.4. The summed E-state index contributed by atoms with van der Waals surface area (Å²) in [5.74, 6) is 1.56. The lowest BCUT2D eigenvalue weighted by atomic mass is 9.96. The maximum Gasteiger partial charge on any atom is 0.194 e. The topological polar surface area (TPSA) is 30.2 Å². The maximum atomic E-state index is 11.2. The largest absolute Gasteiger partial charge is 0.453 e. The van der Waals surface area contributed by atoms with Crippen LogP contribution in [-0.4, -0.2) is 5.78 Å². The quantitative estimate of drug-likeness (QED) is 0.734. The molecular formula is C15H16O2. The minimum absolute atomic E-state index is 0.0433. The highest BCUT2D eigenvalue weighted by molar-refractivity contribution is 5.91. The summed E-state index contributed by atoms with van der Waals surface area (Å²) in [6, 6.07) is 11.7. The first-order valence-electron chi connectivity index (χ1n) is 5.79. The predicted molar refractivity (Wildman–Crippen MR) is 68.2 cm³/mol. The molecule has 0 fully saturated rings. The SMILES string of the molecule is CC(=O)c1ccc(-c2ccccc2C(C)C)o1. The Hall–Kier alpha value is -1.83. The monoisotopic (exact) mass is 228 g/mol. The van der Waals surface area contributed by atoms with Gasteiger partial charge in [-0.1, -0.05) is 38.1 Å². The highest BCUT2D eigenvalue weighted by Crippen LogP contribution is 2.30. The number of hydrogen-bond donors (Lipinski definition) is 0. The molecule has 0 amide bonds. The van der Waals surface area contributed by atoms with Crippen molar-refractivity contribution in [2.75, 3.05) is 0 Å². The lowest BCUT2D eigenvalue weighted by molar-refractivity contribution is 0.0988. The number of furan rings is 1. The Morgan fingerprint density at radius 2 is 1.82 bits per heavy atom. The molecule has 0 N–H and O–H groups in total. The minimum atomic E-state index is -0.0433. The van der Waals surface area contributed by atoms with Gasteiger partial charge in [0, 0.05) is 12.5 Å². The van der Waals surface area contributed by atoms with E-state index in [0.717, 1.165) is 11.3 Å². The van der Waals surface area contributed by atoms with E-state index in [4.69, 9.17) is 4.42 Å². The van der Waals surface area contributed by atoms with Gasteiger partial charge in [0.15, 0.2) is 11.5 Å². The highest BCUT2D eigenvalue weighted by Gasteiger charge is 2.12. The molecule has 0 aliphatic rings. The molecule has 2 nitrogen and oxygen atoms in total. The lowest BCUT2D eigenvalue weighted by Crippen LogP contribution is -1.91. The molecule has 88 valence electrons. The first kappa shape index (κ1) is 11.6. The molecule has 0 aliphatic carbocycles. The van der Waals surface area contributed by atoms with Gasteiger partial charge in [-0.15, -0.1) is 0 Å². The van der Waals surface area contributed by atoms with E-state index >= 15 is 0 Å². The normalized spacial score (nSPS) is 10.8. The van der Waals surface area contributed by atoms with E-state index in [1.807, 2.05) is 24.3 Å². The summed E-state index contributed by atoms with van der Waals surface area (Å²) >= 11 is 0. The van der Waals surface area contributed by atoms with Crippen molar-refractivity contribution in [2.45, 2.75) is 26.7 Å². The fourth-order valence-corrected chi connectivity index (χ4v) is 1.90. The van der Waals surface area contributed by atoms with Gasteiger partial charge in [-0.05, 0) is 23.6 Å². The van der Waals surface area contributed by atoms with Crippen LogP contribution in [-0.2, 0) is 0 Å². The molecule has 0 bridgehead atoms. The first-order chi connectivity index (χ1) is 8.09. The van der Waals surface area contributed by atoms with Crippen LogP contribution in [0.2, 0.25) is 0 Å². The molecule has 1 aromatic carbocycles. The lowest BCUT2D eigenvalue weighted by Gasteiger charge is -2.10. The third-order valence-corrected chi connectivity index (χ3v) is 2.80. The second-order valence-electron chi connectivity index (χ2n) is 4.46. The molecule has 0 saturated carbocycles. The molecular weight excluding hydrogens is 212 g/mol. The van der Waals surface area contributed by atoms with E-state index in [9.17, 15) is 4.79 Å². The number of rotatable bonds is 3. The molecule has 0 atom stereocenters. The molecule has 17 heavy (non-hydrogen) atoms. The van der Waals surface area contributed by atoms with Crippen LogP contribution < -0.4 is 0 Å². The number of hydrogen-bond acceptors (Lipinski definition) is 2. The number of benzene rings is 1. The van der Waals surface area contributed by atoms with Crippen molar-refractivity contribution < 1.29 is 9.21 Å². The molecule has 2 rings (SSSR count). The van der Waals surface area contributed by atoms with Gasteiger partial charge >= 0.3 is 0 Å². The Labute approximate surface area is 101 Å². The minimum Gasteiger partial charge on any atom is -0.453 e. The Balaban J connectivity index is 2.48. The number of carbonyl (C=O) groups excluding carboxylic acids is 1. The van der Waals surface area contributed by atoms with E-state index in [1.165, 1.54) is 12.5 Å². The van der Waals surface area contributed by atoms with Crippen LogP contribution in [0, 0.1) is 0 Å². The molecule has 0 radical (unpaired) electrons. The fourth-order valence-electron chi connectivity index (χ4n) is 1.90. The maximum absolute atomic E-state index is 11.2. The van der Waals surface area contributed by atoms with Gasteiger partial charge in [-0.3, -0.25) is 4.79 Å². The summed E-state index contributed by atoms with van der Waals surface area (Å²) < 4.78 is 5.57. The number of Topliss-reactive ketones (excluding diaryl/α,β-unsaturated/α-hetero) is 1. The van der Waals surface area contributed by atoms with E-state index in [2.05, 4.69) is 19.9 Å².